The van der Waals surface area contributed by atoms with E-state index in [0.717, 1.165) is 16.0 Å². The number of benzene rings is 2. The lowest BCUT2D eigenvalue weighted by Crippen LogP contribution is -2.42. The van der Waals surface area contributed by atoms with Crippen LogP contribution in [0.2, 0.25) is 0 Å². The highest BCUT2D eigenvalue weighted by Gasteiger charge is 2.49. The van der Waals surface area contributed by atoms with Crippen LogP contribution in [0.4, 0.5) is 4.79 Å². The minimum absolute atomic E-state index is 0.0396. The van der Waals surface area contributed by atoms with Gasteiger partial charge in [0.05, 0.1) is 6.54 Å². The van der Waals surface area contributed by atoms with Crippen LogP contribution in [0.5, 0.6) is 17.2 Å². The van der Waals surface area contributed by atoms with Crippen LogP contribution < -0.4 is 19.5 Å². The highest BCUT2D eigenvalue weighted by Crippen LogP contribution is 2.36. The first-order chi connectivity index (χ1) is 14.8. The van der Waals surface area contributed by atoms with Gasteiger partial charge in [-0.2, -0.15) is 0 Å². The van der Waals surface area contributed by atoms with Gasteiger partial charge in [-0.05, 0) is 55.7 Å². The number of amides is 3. The summed E-state index contributed by atoms with van der Waals surface area (Å²) in [7, 11) is 0. The van der Waals surface area contributed by atoms with Crippen molar-refractivity contribution in [2.45, 2.75) is 32.4 Å². The zero-order chi connectivity index (χ0) is 22.2. The molecule has 31 heavy (non-hydrogen) atoms. The third-order valence-corrected chi connectivity index (χ3v) is 5.56. The van der Waals surface area contributed by atoms with Gasteiger partial charge < -0.3 is 24.6 Å². The van der Waals surface area contributed by atoms with Crippen LogP contribution >= 0.6 is 0 Å². The quantitative estimate of drug-likeness (QED) is 0.688. The average molecular weight is 426 g/mol. The maximum atomic E-state index is 13.1. The monoisotopic (exact) mass is 426 g/mol. The van der Waals surface area contributed by atoms with E-state index in [2.05, 4.69) is 5.32 Å². The maximum absolute atomic E-state index is 13.1. The van der Waals surface area contributed by atoms with Crippen molar-refractivity contribution in [2.24, 2.45) is 0 Å². The average Bonchev–Trinajstić information content (AvgIpc) is 2.98. The van der Waals surface area contributed by atoms with Gasteiger partial charge in [0.2, 0.25) is 0 Å². The Morgan fingerprint density at radius 1 is 1.13 bits per heavy atom. The maximum Gasteiger partial charge on any atom is 0.325 e. The Hall–Kier alpha value is -3.26. The van der Waals surface area contributed by atoms with E-state index >= 15 is 0 Å². The minimum atomic E-state index is -1.26. The lowest BCUT2D eigenvalue weighted by atomic mass is 9.91. The van der Waals surface area contributed by atoms with Crippen LogP contribution in [0.15, 0.2) is 36.4 Å². The Bertz CT molecular complexity index is 1020. The lowest BCUT2D eigenvalue weighted by molar-refractivity contribution is -0.132. The number of rotatable bonds is 6. The van der Waals surface area contributed by atoms with E-state index in [0.29, 0.717) is 36.0 Å². The van der Waals surface area contributed by atoms with Crippen molar-refractivity contribution >= 4 is 11.9 Å². The van der Waals surface area contributed by atoms with Gasteiger partial charge in [0.1, 0.15) is 37.2 Å². The summed E-state index contributed by atoms with van der Waals surface area (Å²) in [4.78, 5) is 26.7. The molecule has 2 aliphatic heterocycles. The number of nitrogens with one attached hydrogen (secondary N) is 1. The van der Waals surface area contributed by atoms with Crippen LogP contribution in [0.25, 0.3) is 0 Å². The molecule has 0 saturated carbocycles. The molecule has 1 fully saturated rings. The Morgan fingerprint density at radius 2 is 1.87 bits per heavy atom. The predicted molar refractivity (Wildman–Crippen MR) is 112 cm³/mol. The summed E-state index contributed by atoms with van der Waals surface area (Å²) in [6.07, 6.45) is -1.03. The fourth-order valence-corrected chi connectivity index (χ4v) is 3.73. The number of carbonyl (C=O) groups is 2. The van der Waals surface area contributed by atoms with Crippen LogP contribution in [0.3, 0.4) is 0 Å². The molecule has 0 radical (unpaired) electrons. The predicted octanol–water partition coefficient (Wildman–Crippen LogP) is 2.28. The van der Waals surface area contributed by atoms with Crippen LogP contribution in [-0.4, -0.2) is 54.4 Å². The van der Waals surface area contributed by atoms with E-state index in [1.165, 1.54) is 0 Å². The number of hydrogen-bond donors (Lipinski definition) is 2. The van der Waals surface area contributed by atoms with E-state index < -0.39 is 23.6 Å². The highest BCUT2D eigenvalue weighted by molar-refractivity contribution is 6.07. The summed E-state index contributed by atoms with van der Waals surface area (Å²) in [6, 6.07) is 10.4. The second-order valence-corrected chi connectivity index (χ2v) is 8.06. The van der Waals surface area contributed by atoms with Crippen molar-refractivity contribution in [3.8, 4) is 17.2 Å². The van der Waals surface area contributed by atoms with Crippen molar-refractivity contribution in [1.82, 2.24) is 10.2 Å². The number of aliphatic hydroxyl groups is 1. The van der Waals surface area contributed by atoms with Gasteiger partial charge in [0.15, 0.2) is 11.5 Å². The molecule has 0 unspecified atom stereocenters. The minimum Gasteiger partial charge on any atom is -0.491 e. The number of urea groups is 1. The molecule has 8 heteroatoms. The number of β-amino-alcohol motifs (C(OH)–C–C–N with tert-alkyl or cyclic N) is 1. The molecule has 4 rings (SSSR count). The van der Waals surface area contributed by atoms with E-state index in [4.69, 9.17) is 14.2 Å². The van der Waals surface area contributed by atoms with Gasteiger partial charge in [-0.1, -0.05) is 18.2 Å². The van der Waals surface area contributed by atoms with Crippen molar-refractivity contribution in [1.29, 1.82) is 0 Å². The second-order valence-electron chi connectivity index (χ2n) is 8.06. The van der Waals surface area contributed by atoms with E-state index in [-0.39, 0.29) is 13.2 Å². The van der Waals surface area contributed by atoms with Crippen molar-refractivity contribution in [3.05, 3.63) is 53.1 Å². The van der Waals surface area contributed by atoms with Crippen LogP contribution in [-0.2, 0) is 10.3 Å². The first kappa shape index (κ1) is 21.0. The largest absolute Gasteiger partial charge is 0.491 e. The number of aliphatic hydroxyl groups excluding tert-OH is 1. The molecule has 0 aliphatic carbocycles. The SMILES string of the molecule is Cc1ccc(C)c(OC[C@H](O)CN2C(=O)N[C@@](C)(c3ccc4c(c3)OCCO4)C2=O)c1. The summed E-state index contributed by atoms with van der Waals surface area (Å²) in [6.45, 7) is 6.18. The summed E-state index contributed by atoms with van der Waals surface area (Å²) < 4.78 is 16.8. The second kappa shape index (κ2) is 8.11. The Kier molecular flexibility index (Phi) is 5.49. The molecule has 2 atom stereocenters. The van der Waals surface area contributed by atoms with Crippen molar-refractivity contribution in [3.63, 3.8) is 0 Å². The third-order valence-electron chi connectivity index (χ3n) is 5.56. The number of ether oxygens (including phenoxy) is 3. The summed E-state index contributed by atoms with van der Waals surface area (Å²) in [5, 5.41) is 13.2. The number of fused-ring (bicyclic) bond motifs is 1. The molecule has 0 bridgehead atoms. The molecule has 2 aromatic rings. The smallest absolute Gasteiger partial charge is 0.325 e. The zero-order valence-corrected chi connectivity index (χ0v) is 17.8. The Balaban J connectivity index is 1.44. The van der Waals surface area contributed by atoms with Crippen LogP contribution in [0.1, 0.15) is 23.6 Å². The van der Waals surface area contributed by atoms with Gasteiger partial charge >= 0.3 is 6.03 Å². The molecule has 2 aromatic carbocycles. The molecule has 3 amide bonds. The topological polar surface area (TPSA) is 97.3 Å². The fourth-order valence-electron chi connectivity index (χ4n) is 3.73. The van der Waals surface area contributed by atoms with E-state index in [1.54, 1.807) is 25.1 Å². The molecule has 2 heterocycles. The summed E-state index contributed by atoms with van der Waals surface area (Å²) >= 11 is 0. The number of carbonyl (C=O) groups excluding carboxylic acids is 2. The van der Waals surface area contributed by atoms with Gasteiger partial charge in [0.25, 0.3) is 5.91 Å². The normalized spacial score (nSPS) is 21.1. The highest BCUT2D eigenvalue weighted by atomic mass is 16.6. The summed E-state index contributed by atoms with van der Waals surface area (Å²) in [5.41, 5.74) is 1.30. The van der Waals surface area contributed by atoms with Crippen molar-refractivity contribution in [2.75, 3.05) is 26.4 Å². The molecule has 0 spiro atoms. The summed E-state index contributed by atoms with van der Waals surface area (Å²) in [5.74, 6) is 1.36. The Morgan fingerprint density at radius 3 is 2.65 bits per heavy atom. The lowest BCUT2D eigenvalue weighted by Gasteiger charge is -2.25. The number of hydrogen-bond acceptors (Lipinski definition) is 6. The fraction of sp³-hybridized carbons (Fsp3) is 0.391. The molecule has 2 aliphatic rings. The molecular formula is C23H26N2O6. The number of nitrogens with zero attached hydrogens (tertiary/aromatic N) is 1. The van der Waals surface area contributed by atoms with Crippen molar-refractivity contribution < 1.29 is 28.9 Å². The van der Waals surface area contributed by atoms with E-state index in [1.807, 2.05) is 32.0 Å². The number of imide groups is 1. The molecule has 164 valence electrons. The zero-order valence-electron chi connectivity index (χ0n) is 17.8. The third kappa shape index (κ3) is 4.03. The molecule has 1 saturated heterocycles. The van der Waals surface area contributed by atoms with E-state index in [9.17, 15) is 14.7 Å². The molecule has 8 nitrogen and oxygen atoms in total. The number of aryl methyl sites for hydroxylation is 2. The molecular weight excluding hydrogens is 400 g/mol. The van der Waals surface area contributed by atoms with Gasteiger partial charge in [-0.15, -0.1) is 0 Å². The van der Waals surface area contributed by atoms with Gasteiger partial charge in [-0.25, -0.2) is 4.79 Å². The molecule has 2 N–H and O–H groups in total. The first-order valence-corrected chi connectivity index (χ1v) is 10.2. The first-order valence-electron chi connectivity index (χ1n) is 10.2. The van der Waals surface area contributed by atoms with Crippen LogP contribution in [0, 0.1) is 13.8 Å². The van der Waals surface area contributed by atoms with Gasteiger partial charge in [0, 0.05) is 0 Å². The standard InChI is InChI=1S/C23H26N2O6/c1-14-4-5-15(2)19(10-14)31-13-17(26)12-25-21(27)23(3,24-22(25)28)16-6-7-18-20(11-16)30-9-8-29-18/h4-7,10-11,17,26H,8-9,12-13H2,1-3H3,(H,24,28)/t17-,23+/m1/s1. The Labute approximate surface area is 180 Å². The van der Waals surface area contributed by atoms with Gasteiger partial charge in [-0.3, -0.25) is 9.69 Å². The molecule has 0 aromatic heterocycles.